The summed E-state index contributed by atoms with van der Waals surface area (Å²) in [5.74, 6) is -0.356. The van der Waals surface area contributed by atoms with Crippen LogP contribution in [-0.2, 0) is 13.6 Å². The molecule has 0 unspecified atom stereocenters. The average Bonchev–Trinajstić information content (AvgIpc) is 3.39. The minimum absolute atomic E-state index is 0.192. The van der Waals surface area contributed by atoms with Crippen LogP contribution in [-0.4, -0.2) is 42.9 Å². The number of aromatic nitrogens is 5. The first-order valence-electron chi connectivity index (χ1n) is 11.3. The van der Waals surface area contributed by atoms with Crippen LogP contribution in [0.15, 0.2) is 42.7 Å². The second-order valence-electron chi connectivity index (χ2n) is 8.64. The molecule has 2 N–H and O–H groups in total. The van der Waals surface area contributed by atoms with Gasteiger partial charge in [-0.15, -0.1) is 0 Å². The fraction of sp³-hybridized carbons (Fsp3) is 0.320. The molecule has 0 bridgehead atoms. The molecule has 2 amide bonds. The van der Waals surface area contributed by atoms with Crippen molar-refractivity contribution in [2.45, 2.75) is 34.2 Å². The number of pyridine rings is 1. The van der Waals surface area contributed by atoms with Crippen molar-refractivity contribution in [2.75, 3.05) is 11.9 Å². The van der Waals surface area contributed by atoms with E-state index in [2.05, 4.69) is 20.8 Å². The number of nitrogens with one attached hydrogen (secondary N) is 2. The molecule has 3 heterocycles. The van der Waals surface area contributed by atoms with E-state index < -0.39 is 0 Å². The van der Waals surface area contributed by atoms with Crippen LogP contribution in [0.3, 0.4) is 0 Å². The number of fused-ring (bicyclic) bond motifs is 1. The molecule has 4 rings (SSSR count). The maximum atomic E-state index is 13.5. The monoisotopic (exact) mass is 459 g/mol. The number of rotatable bonds is 7. The molecule has 0 aliphatic heterocycles. The molecule has 9 nitrogen and oxygen atoms in total. The number of amides is 2. The van der Waals surface area contributed by atoms with Crippen LogP contribution in [0.25, 0.3) is 22.2 Å². The quantitative estimate of drug-likeness (QED) is 0.437. The number of hydrogen-bond acceptors (Lipinski definition) is 5. The summed E-state index contributed by atoms with van der Waals surface area (Å²) in [6.45, 7) is 9.01. The molecule has 0 atom stereocenters. The van der Waals surface area contributed by atoms with E-state index in [0.29, 0.717) is 41.5 Å². The maximum Gasteiger partial charge on any atom is 0.273 e. The lowest BCUT2D eigenvalue weighted by molar-refractivity contribution is 0.0944. The Morgan fingerprint density at radius 1 is 1.15 bits per heavy atom. The minimum atomic E-state index is -0.338. The predicted molar refractivity (Wildman–Crippen MR) is 132 cm³/mol. The molecule has 34 heavy (non-hydrogen) atoms. The smallest absolute Gasteiger partial charge is 0.273 e. The first-order chi connectivity index (χ1) is 16.3. The fourth-order valence-corrected chi connectivity index (χ4v) is 3.66. The third-order valence-electron chi connectivity index (χ3n) is 5.69. The van der Waals surface area contributed by atoms with Gasteiger partial charge in [-0.25, -0.2) is 4.98 Å². The van der Waals surface area contributed by atoms with Gasteiger partial charge in [0.25, 0.3) is 11.8 Å². The highest BCUT2D eigenvalue weighted by molar-refractivity contribution is 6.14. The van der Waals surface area contributed by atoms with Crippen LogP contribution < -0.4 is 10.6 Å². The van der Waals surface area contributed by atoms with Crippen LogP contribution >= 0.6 is 0 Å². The third kappa shape index (κ3) is 4.54. The zero-order valence-corrected chi connectivity index (χ0v) is 20.1. The van der Waals surface area contributed by atoms with Crippen LogP contribution in [0, 0.1) is 12.8 Å². The van der Waals surface area contributed by atoms with Crippen molar-refractivity contribution in [1.82, 2.24) is 29.9 Å². The van der Waals surface area contributed by atoms with E-state index in [1.54, 1.807) is 27.8 Å². The van der Waals surface area contributed by atoms with Crippen molar-refractivity contribution >= 4 is 28.4 Å². The molecule has 3 aromatic heterocycles. The van der Waals surface area contributed by atoms with E-state index >= 15 is 0 Å². The zero-order valence-electron chi connectivity index (χ0n) is 20.1. The second-order valence-corrected chi connectivity index (χ2v) is 8.64. The summed E-state index contributed by atoms with van der Waals surface area (Å²) in [5, 5.41) is 15.2. The summed E-state index contributed by atoms with van der Waals surface area (Å²) in [7, 11) is 1.87. The predicted octanol–water partition coefficient (Wildman–Crippen LogP) is 3.80. The van der Waals surface area contributed by atoms with Crippen molar-refractivity contribution in [3.8, 4) is 11.3 Å². The van der Waals surface area contributed by atoms with Crippen LogP contribution in [0.2, 0.25) is 0 Å². The van der Waals surface area contributed by atoms with Crippen molar-refractivity contribution in [3.63, 3.8) is 0 Å². The van der Waals surface area contributed by atoms with Gasteiger partial charge in [-0.2, -0.15) is 10.2 Å². The van der Waals surface area contributed by atoms with E-state index in [1.165, 1.54) is 0 Å². The number of nitrogens with zero attached hydrogens (tertiary/aromatic N) is 5. The highest BCUT2D eigenvalue weighted by Gasteiger charge is 2.21. The fourth-order valence-electron chi connectivity index (χ4n) is 3.66. The molecule has 0 aliphatic rings. The van der Waals surface area contributed by atoms with E-state index in [4.69, 9.17) is 4.98 Å². The Kier molecular flexibility index (Phi) is 6.45. The standard InChI is InChI=1S/C25H29N7O2/c1-6-32-14-22(23(30-32)25(34)26-12-15(2)3)29-24(33)18-11-21(19-13-27-31(5)16(19)4)28-20-10-8-7-9-17(18)20/h7-11,13-15H,6,12H2,1-5H3,(H,26,34)(H,29,33). The van der Waals surface area contributed by atoms with Gasteiger partial charge >= 0.3 is 0 Å². The Bertz CT molecular complexity index is 1370. The molecule has 0 saturated carbocycles. The lowest BCUT2D eigenvalue weighted by Gasteiger charge is -2.11. The highest BCUT2D eigenvalue weighted by atomic mass is 16.2. The van der Waals surface area contributed by atoms with Gasteiger partial charge in [-0.05, 0) is 31.9 Å². The van der Waals surface area contributed by atoms with E-state index in [1.807, 2.05) is 59.0 Å². The van der Waals surface area contributed by atoms with Gasteiger partial charge < -0.3 is 10.6 Å². The first kappa shape index (κ1) is 23.2. The Morgan fingerprint density at radius 2 is 1.91 bits per heavy atom. The summed E-state index contributed by atoms with van der Waals surface area (Å²) >= 11 is 0. The van der Waals surface area contributed by atoms with E-state index in [-0.39, 0.29) is 17.5 Å². The van der Waals surface area contributed by atoms with Crippen LogP contribution in [0.5, 0.6) is 0 Å². The van der Waals surface area contributed by atoms with Crippen molar-refractivity contribution in [3.05, 3.63) is 59.7 Å². The number of carbonyl (C=O) groups is 2. The van der Waals surface area contributed by atoms with Gasteiger partial charge in [0.15, 0.2) is 5.69 Å². The van der Waals surface area contributed by atoms with Gasteiger partial charge in [-0.1, -0.05) is 32.0 Å². The van der Waals surface area contributed by atoms with Crippen LogP contribution in [0.1, 0.15) is 47.3 Å². The van der Waals surface area contributed by atoms with Crippen molar-refractivity contribution < 1.29 is 9.59 Å². The summed E-state index contributed by atoms with van der Waals surface area (Å²) in [4.78, 5) is 31.0. The first-order valence-corrected chi connectivity index (χ1v) is 11.3. The third-order valence-corrected chi connectivity index (χ3v) is 5.69. The normalized spacial score (nSPS) is 11.2. The molecule has 4 aromatic rings. The number of anilines is 1. The molecule has 0 radical (unpaired) electrons. The molecule has 0 aliphatic carbocycles. The van der Waals surface area contributed by atoms with Gasteiger partial charge in [0, 0.05) is 43.0 Å². The highest BCUT2D eigenvalue weighted by Crippen LogP contribution is 2.27. The van der Waals surface area contributed by atoms with Crippen molar-refractivity contribution in [2.24, 2.45) is 13.0 Å². The summed E-state index contributed by atoms with van der Waals surface area (Å²) in [6.07, 6.45) is 3.42. The number of carbonyl (C=O) groups excluding carboxylic acids is 2. The Morgan fingerprint density at radius 3 is 2.59 bits per heavy atom. The average molecular weight is 460 g/mol. The molecule has 1 aromatic carbocycles. The summed E-state index contributed by atoms with van der Waals surface area (Å²) in [5.41, 5.74) is 4.19. The van der Waals surface area contributed by atoms with Gasteiger partial charge in [0.2, 0.25) is 0 Å². The van der Waals surface area contributed by atoms with Gasteiger partial charge in [-0.3, -0.25) is 19.0 Å². The Labute approximate surface area is 198 Å². The van der Waals surface area contributed by atoms with Gasteiger partial charge in [0.05, 0.1) is 28.7 Å². The lowest BCUT2D eigenvalue weighted by Crippen LogP contribution is -2.28. The Hall–Kier alpha value is -4.01. The van der Waals surface area contributed by atoms with Crippen molar-refractivity contribution in [1.29, 1.82) is 0 Å². The topological polar surface area (TPSA) is 107 Å². The summed E-state index contributed by atoms with van der Waals surface area (Å²) in [6, 6.07) is 9.27. The molecule has 176 valence electrons. The van der Waals surface area contributed by atoms with Crippen LogP contribution in [0.4, 0.5) is 5.69 Å². The van der Waals surface area contributed by atoms with E-state index in [9.17, 15) is 9.59 Å². The second kappa shape index (κ2) is 9.46. The molecule has 0 spiro atoms. The Balaban J connectivity index is 1.73. The largest absolute Gasteiger partial charge is 0.350 e. The SMILES string of the molecule is CCn1cc(NC(=O)c2cc(-c3cnn(C)c3C)nc3ccccc23)c(C(=O)NCC(C)C)n1. The number of benzene rings is 1. The number of aryl methyl sites for hydroxylation is 2. The number of hydrogen-bond donors (Lipinski definition) is 2. The molecule has 0 saturated heterocycles. The molecule has 9 heteroatoms. The zero-order chi connectivity index (χ0) is 24.4. The molecular formula is C25H29N7O2. The van der Waals surface area contributed by atoms with Gasteiger partial charge in [0.1, 0.15) is 0 Å². The molecule has 0 fully saturated rings. The molecular weight excluding hydrogens is 430 g/mol. The minimum Gasteiger partial charge on any atom is -0.350 e. The summed E-state index contributed by atoms with van der Waals surface area (Å²) < 4.78 is 3.40. The maximum absolute atomic E-state index is 13.5. The lowest BCUT2D eigenvalue weighted by atomic mass is 10.0. The number of para-hydroxylation sites is 1. The van der Waals surface area contributed by atoms with E-state index in [0.717, 1.165) is 16.6 Å².